The summed E-state index contributed by atoms with van der Waals surface area (Å²) in [5.41, 5.74) is 1.56. The van der Waals surface area contributed by atoms with E-state index < -0.39 is 0 Å². The number of H-pyrrole nitrogens is 1. The molecule has 1 aliphatic rings. The lowest BCUT2D eigenvalue weighted by molar-refractivity contribution is 0.360. The van der Waals surface area contributed by atoms with Gasteiger partial charge in [0, 0.05) is 24.9 Å². The summed E-state index contributed by atoms with van der Waals surface area (Å²) in [6, 6.07) is 13.2. The van der Waals surface area contributed by atoms with Crippen LogP contribution in [-0.4, -0.2) is 15.1 Å². The van der Waals surface area contributed by atoms with Crippen LogP contribution in [0.15, 0.2) is 60.7 Å². The Balaban J connectivity index is 1.59. The van der Waals surface area contributed by atoms with Gasteiger partial charge in [-0.2, -0.15) is 4.98 Å². The molecule has 2 aromatic carbocycles. The molecule has 0 radical (unpaired) electrons. The van der Waals surface area contributed by atoms with Crippen molar-refractivity contribution in [3.8, 4) is 11.4 Å². The Bertz CT molecular complexity index is 1270. The predicted molar refractivity (Wildman–Crippen MR) is 115 cm³/mol. The van der Waals surface area contributed by atoms with Gasteiger partial charge in [0.1, 0.15) is 0 Å². The zero-order valence-corrected chi connectivity index (χ0v) is 18.2. The SMILES string of the molecule is O=c1[nH]c2ccc(Br)cc2cc1-c1noc(C2(c3cc(Cl)cc(Br)c3)CC2)n1. The van der Waals surface area contributed by atoms with E-state index in [-0.39, 0.29) is 16.8 Å². The summed E-state index contributed by atoms with van der Waals surface area (Å²) < 4.78 is 7.42. The van der Waals surface area contributed by atoms with Gasteiger partial charge in [-0.25, -0.2) is 0 Å². The fraction of sp³-hybridized carbons (Fsp3) is 0.150. The van der Waals surface area contributed by atoms with E-state index in [0.717, 1.165) is 38.3 Å². The maximum atomic E-state index is 12.5. The smallest absolute Gasteiger partial charge is 0.259 e. The third kappa shape index (κ3) is 3.02. The summed E-state index contributed by atoms with van der Waals surface area (Å²) >= 11 is 13.2. The van der Waals surface area contributed by atoms with Crippen LogP contribution in [0.5, 0.6) is 0 Å². The fourth-order valence-electron chi connectivity index (χ4n) is 3.45. The second-order valence-corrected chi connectivity index (χ2v) is 9.17. The quantitative estimate of drug-likeness (QED) is 0.368. The van der Waals surface area contributed by atoms with E-state index in [1.807, 2.05) is 36.4 Å². The number of pyridine rings is 1. The number of rotatable bonds is 3. The molecule has 0 saturated heterocycles. The predicted octanol–water partition coefficient (Wildman–Crippen LogP) is 5.84. The molecule has 1 fully saturated rings. The zero-order chi connectivity index (χ0) is 19.5. The minimum Gasteiger partial charge on any atom is -0.338 e. The van der Waals surface area contributed by atoms with E-state index in [1.54, 1.807) is 6.07 Å². The number of benzene rings is 2. The highest BCUT2D eigenvalue weighted by atomic mass is 79.9. The summed E-state index contributed by atoms with van der Waals surface area (Å²) in [7, 11) is 0. The lowest BCUT2D eigenvalue weighted by Gasteiger charge is -2.11. The molecule has 1 saturated carbocycles. The minimum atomic E-state index is -0.342. The van der Waals surface area contributed by atoms with Gasteiger partial charge in [-0.3, -0.25) is 4.79 Å². The average Bonchev–Trinajstić information content (AvgIpc) is 3.31. The zero-order valence-electron chi connectivity index (χ0n) is 14.3. The standard InChI is InChI=1S/C20H12Br2ClN3O2/c21-12-1-2-16-10(5-12)6-15(18(27)24-16)17-25-19(28-26-17)20(3-4-20)11-7-13(22)9-14(23)8-11/h1-2,5-9H,3-4H2,(H,24,27). The molecule has 0 amide bonds. The first kappa shape index (κ1) is 18.1. The van der Waals surface area contributed by atoms with Crippen LogP contribution < -0.4 is 5.56 Å². The first-order chi connectivity index (χ1) is 13.4. The molecule has 0 atom stereocenters. The molecule has 0 bridgehead atoms. The molecule has 0 unspecified atom stereocenters. The molecule has 0 aliphatic heterocycles. The normalized spacial score (nSPS) is 15.1. The number of hydrogen-bond donors (Lipinski definition) is 1. The van der Waals surface area contributed by atoms with E-state index in [9.17, 15) is 4.79 Å². The van der Waals surface area contributed by atoms with Crippen LogP contribution in [-0.2, 0) is 5.41 Å². The summed E-state index contributed by atoms with van der Waals surface area (Å²) in [4.78, 5) is 20.0. The van der Waals surface area contributed by atoms with Crippen LogP contribution in [0.4, 0.5) is 0 Å². The molecule has 5 nitrogen and oxygen atoms in total. The fourth-order valence-corrected chi connectivity index (χ4v) is 4.69. The van der Waals surface area contributed by atoms with Crippen LogP contribution >= 0.6 is 43.5 Å². The number of aromatic amines is 1. The molecule has 140 valence electrons. The van der Waals surface area contributed by atoms with Gasteiger partial charge in [0.05, 0.1) is 11.0 Å². The van der Waals surface area contributed by atoms with E-state index >= 15 is 0 Å². The molecule has 4 aromatic rings. The van der Waals surface area contributed by atoms with Crippen molar-refractivity contribution in [3.63, 3.8) is 0 Å². The molecule has 1 aliphatic carbocycles. The van der Waals surface area contributed by atoms with Gasteiger partial charge in [0.25, 0.3) is 5.56 Å². The van der Waals surface area contributed by atoms with Gasteiger partial charge in [0.15, 0.2) is 0 Å². The Morgan fingerprint density at radius 2 is 1.89 bits per heavy atom. The van der Waals surface area contributed by atoms with Crippen molar-refractivity contribution in [3.05, 3.63) is 78.2 Å². The van der Waals surface area contributed by atoms with Gasteiger partial charge in [-0.1, -0.05) is 48.6 Å². The first-order valence-electron chi connectivity index (χ1n) is 8.58. The van der Waals surface area contributed by atoms with Crippen LogP contribution in [0, 0.1) is 0 Å². The van der Waals surface area contributed by atoms with E-state index in [0.29, 0.717) is 16.5 Å². The molecule has 5 rings (SSSR count). The van der Waals surface area contributed by atoms with Crippen molar-refractivity contribution >= 4 is 54.4 Å². The summed E-state index contributed by atoms with van der Waals surface area (Å²) in [5, 5.41) is 5.62. The Morgan fingerprint density at radius 3 is 2.64 bits per heavy atom. The minimum absolute atomic E-state index is 0.252. The topological polar surface area (TPSA) is 71.8 Å². The van der Waals surface area contributed by atoms with Crippen LogP contribution in [0.25, 0.3) is 22.3 Å². The van der Waals surface area contributed by atoms with Gasteiger partial charge < -0.3 is 9.51 Å². The number of fused-ring (bicyclic) bond motifs is 1. The Kier molecular flexibility index (Phi) is 4.23. The Morgan fingerprint density at radius 1 is 1.07 bits per heavy atom. The molecule has 8 heteroatoms. The third-order valence-electron chi connectivity index (χ3n) is 5.05. The number of aromatic nitrogens is 3. The van der Waals surface area contributed by atoms with Crippen LogP contribution in [0.3, 0.4) is 0 Å². The van der Waals surface area contributed by atoms with Gasteiger partial charge >= 0.3 is 0 Å². The van der Waals surface area contributed by atoms with Crippen molar-refractivity contribution in [1.29, 1.82) is 0 Å². The molecule has 2 aromatic heterocycles. The maximum absolute atomic E-state index is 12.5. The lowest BCUT2D eigenvalue weighted by Crippen LogP contribution is -2.11. The molecule has 1 N–H and O–H groups in total. The summed E-state index contributed by atoms with van der Waals surface area (Å²) in [5.74, 6) is 0.788. The maximum Gasteiger partial charge on any atom is 0.259 e. The van der Waals surface area contributed by atoms with Gasteiger partial charge in [-0.15, -0.1) is 0 Å². The second kappa shape index (κ2) is 6.54. The molecular formula is C20H12Br2ClN3O2. The van der Waals surface area contributed by atoms with E-state index in [4.69, 9.17) is 16.1 Å². The Labute approximate surface area is 181 Å². The van der Waals surface area contributed by atoms with E-state index in [2.05, 4.69) is 47.0 Å². The molecule has 28 heavy (non-hydrogen) atoms. The van der Waals surface area contributed by atoms with Crippen molar-refractivity contribution in [2.45, 2.75) is 18.3 Å². The van der Waals surface area contributed by atoms with Crippen molar-refractivity contribution in [1.82, 2.24) is 15.1 Å². The first-order valence-corrected chi connectivity index (χ1v) is 10.5. The number of nitrogens with one attached hydrogen (secondary N) is 1. The molecule has 0 spiro atoms. The number of halogens is 3. The average molecular weight is 522 g/mol. The number of nitrogens with zero attached hydrogens (tertiary/aromatic N) is 2. The largest absolute Gasteiger partial charge is 0.338 e. The van der Waals surface area contributed by atoms with Crippen LogP contribution in [0.2, 0.25) is 5.02 Å². The second-order valence-electron chi connectivity index (χ2n) is 6.91. The van der Waals surface area contributed by atoms with Crippen molar-refractivity contribution in [2.24, 2.45) is 0 Å². The highest BCUT2D eigenvalue weighted by Gasteiger charge is 2.51. The number of hydrogen-bond acceptors (Lipinski definition) is 4. The highest BCUT2D eigenvalue weighted by Crippen LogP contribution is 2.53. The molecular weight excluding hydrogens is 510 g/mol. The third-order valence-corrected chi connectivity index (χ3v) is 6.22. The van der Waals surface area contributed by atoms with Crippen molar-refractivity contribution < 1.29 is 4.52 Å². The lowest BCUT2D eigenvalue weighted by atomic mass is 9.96. The highest BCUT2D eigenvalue weighted by molar-refractivity contribution is 9.10. The van der Waals surface area contributed by atoms with Crippen LogP contribution in [0.1, 0.15) is 24.3 Å². The van der Waals surface area contributed by atoms with Gasteiger partial charge in [-0.05, 0) is 60.9 Å². The monoisotopic (exact) mass is 519 g/mol. The van der Waals surface area contributed by atoms with Gasteiger partial charge in [0.2, 0.25) is 11.7 Å². The Hall–Kier alpha value is -1.96. The van der Waals surface area contributed by atoms with E-state index in [1.165, 1.54) is 0 Å². The molecule has 2 heterocycles. The summed E-state index contributed by atoms with van der Waals surface area (Å²) in [6.45, 7) is 0. The van der Waals surface area contributed by atoms with Crippen molar-refractivity contribution in [2.75, 3.05) is 0 Å². The summed E-state index contributed by atoms with van der Waals surface area (Å²) in [6.07, 6.45) is 1.78.